The fraction of sp³-hybridized carbons (Fsp3) is 0.471. The van der Waals surface area contributed by atoms with Crippen LogP contribution in [0.2, 0.25) is 0 Å². The van der Waals surface area contributed by atoms with E-state index in [9.17, 15) is 8.78 Å². The fourth-order valence-electron chi connectivity index (χ4n) is 3.02. The molecule has 3 nitrogen and oxygen atoms in total. The maximum Gasteiger partial charge on any atom is 0.149 e. The molecule has 1 aromatic carbocycles. The molecule has 1 atom stereocenters. The SMILES string of the molecule is CCCOC1CCCN(c2ccnc3c(F)ccc(F)c23)C1. The Labute approximate surface area is 128 Å². The summed E-state index contributed by atoms with van der Waals surface area (Å²) >= 11 is 0. The van der Waals surface area contributed by atoms with Gasteiger partial charge in [0.05, 0.1) is 17.2 Å². The standard InChI is InChI=1S/C17H20F2N2O/c1-2-10-22-12-4-3-9-21(11-12)15-7-8-20-17-14(19)6-5-13(18)16(15)17/h5-8,12H,2-4,9-11H2,1H3. The minimum atomic E-state index is -0.492. The lowest BCUT2D eigenvalue weighted by atomic mass is 10.1. The van der Waals surface area contributed by atoms with Crippen LogP contribution in [-0.2, 0) is 4.74 Å². The molecule has 0 N–H and O–H groups in total. The highest BCUT2D eigenvalue weighted by Gasteiger charge is 2.23. The van der Waals surface area contributed by atoms with Gasteiger partial charge in [0, 0.05) is 25.9 Å². The molecule has 1 fully saturated rings. The third kappa shape index (κ3) is 2.90. The zero-order valence-electron chi connectivity index (χ0n) is 12.7. The lowest BCUT2D eigenvalue weighted by molar-refractivity contribution is 0.0441. The molecule has 0 bridgehead atoms. The predicted molar refractivity (Wildman–Crippen MR) is 83.1 cm³/mol. The molecule has 0 spiro atoms. The Balaban J connectivity index is 1.94. The van der Waals surface area contributed by atoms with E-state index in [1.807, 2.05) is 0 Å². The molecule has 1 unspecified atom stereocenters. The lowest BCUT2D eigenvalue weighted by Gasteiger charge is -2.34. The van der Waals surface area contributed by atoms with Crippen molar-refractivity contribution in [3.05, 3.63) is 36.0 Å². The molecule has 5 heteroatoms. The van der Waals surface area contributed by atoms with Gasteiger partial charge < -0.3 is 9.64 Å². The van der Waals surface area contributed by atoms with E-state index in [0.29, 0.717) is 12.2 Å². The van der Waals surface area contributed by atoms with E-state index >= 15 is 0 Å². The third-order valence-electron chi connectivity index (χ3n) is 4.05. The van der Waals surface area contributed by atoms with Gasteiger partial charge in [0.15, 0.2) is 0 Å². The molecular formula is C17H20F2N2O. The molecule has 3 rings (SSSR count). The Kier molecular flexibility index (Phi) is 4.52. The first-order valence-electron chi connectivity index (χ1n) is 7.80. The van der Waals surface area contributed by atoms with Gasteiger partial charge in [0.1, 0.15) is 17.2 Å². The number of aromatic nitrogens is 1. The first-order valence-corrected chi connectivity index (χ1v) is 7.80. The van der Waals surface area contributed by atoms with E-state index < -0.39 is 11.6 Å². The van der Waals surface area contributed by atoms with Gasteiger partial charge in [-0.1, -0.05) is 6.92 Å². The second-order valence-corrected chi connectivity index (χ2v) is 5.66. The van der Waals surface area contributed by atoms with Crippen LogP contribution in [0.15, 0.2) is 24.4 Å². The summed E-state index contributed by atoms with van der Waals surface area (Å²) in [4.78, 5) is 6.07. The molecule has 0 amide bonds. The molecule has 1 aliphatic heterocycles. The second-order valence-electron chi connectivity index (χ2n) is 5.66. The van der Waals surface area contributed by atoms with Crippen molar-refractivity contribution in [3.8, 4) is 0 Å². The maximum atomic E-state index is 14.2. The van der Waals surface area contributed by atoms with Gasteiger partial charge in [-0.3, -0.25) is 4.98 Å². The van der Waals surface area contributed by atoms with Crippen molar-refractivity contribution in [3.63, 3.8) is 0 Å². The number of hydrogen-bond donors (Lipinski definition) is 0. The van der Waals surface area contributed by atoms with Crippen LogP contribution in [-0.4, -0.2) is 30.8 Å². The van der Waals surface area contributed by atoms with Gasteiger partial charge in [-0.05, 0) is 37.5 Å². The van der Waals surface area contributed by atoms with Gasteiger partial charge >= 0.3 is 0 Å². The molecule has 2 heterocycles. The van der Waals surface area contributed by atoms with Crippen molar-refractivity contribution >= 4 is 16.6 Å². The van der Waals surface area contributed by atoms with Crippen molar-refractivity contribution in [2.75, 3.05) is 24.6 Å². The number of hydrogen-bond acceptors (Lipinski definition) is 3. The Morgan fingerprint density at radius 2 is 2.09 bits per heavy atom. The Morgan fingerprint density at radius 1 is 1.27 bits per heavy atom. The Morgan fingerprint density at radius 3 is 2.91 bits per heavy atom. The highest BCUT2D eigenvalue weighted by atomic mass is 19.1. The predicted octanol–water partition coefficient (Wildman–Crippen LogP) is 3.91. The molecule has 2 aromatic rings. The number of benzene rings is 1. The summed E-state index contributed by atoms with van der Waals surface area (Å²) < 4.78 is 33.9. The van der Waals surface area contributed by atoms with Crippen LogP contribution in [0.5, 0.6) is 0 Å². The fourth-order valence-corrected chi connectivity index (χ4v) is 3.02. The summed E-state index contributed by atoms with van der Waals surface area (Å²) in [6, 6.07) is 4.04. The normalized spacial score (nSPS) is 18.9. The van der Waals surface area contributed by atoms with Crippen LogP contribution >= 0.6 is 0 Å². The number of piperidine rings is 1. The molecule has 22 heavy (non-hydrogen) atoms. The molecule has 0 aliphatic carbocycles. The van der Waals surface area contributed by atoms with E-state index in [1.54, 1.807) is 6.07 Å². The topological polar surface area (TPSA) is 25.4 Å². The third-order valence-corrected chi connectivity index (χ3v) is 4.05. The average Bonchev–Trinajstić information content (AvgIpc) is 2.56. The van der Waals surface area contributed by atoms with E-state index in [4.69, 9.17) is 4.74 Å². The summed E-state index contributed by atoms with van der Waals surface area (Å²) in [6.07, 6.45) is 4.66. The van der Waals surface area contributed by atoms with Crippen molar-refractivity contribution in [1.29, 1.82) is 0 Å². The number of pyridine rings is 1. The van der Waals surface area contributed by atoms with Gasteiger partial charge in [0.2, 0.25) is 0 Å². The molecule has 118 valence electrons. The number of anilines is 1. The summed E-state index contributed by atoms with van der Waals surface area (Å²) in [5, 5.41) is 0.263. The zero-order chi connectivity index (χ0) is 15.5. The average molecular weight is 306 g/mol. The largest absolute Gasteiger partial charge is 0.376 e. The number of ether oxygens (including phenoxy) is 1. The van der Waals surface area contributed by atoms with Crippen molar-refractivity contribution in [1.82, 2.24) is 4.98 Å². The van der Waals surface area contributed by atoms with Crippen LogP contribution in [0.3, 0.4) is 0 Å². The van der Waals surface area contributed by atoms with Crippen molar-refractivity contribution in [2.45, 2.75) is 32.3 Å². The molecule has 0 saturated carbocycles. The summed E-state index contributed by atoms with van der Waals surface area (Å²) in [5.74, 6) is -0.926. The molecular weight excluding hydrogens is 286 g/mol. The number of rotatable bonds is 4. The summed E-state index contributed by atoms with van der Waals surface area (Å²) in [6.45, 7) is 4.34. The minimum absolute atomic E-state index is 0.0918. The van der Waals surface area contributed by atoms with Crippen LogP contribution in [0.25, 0.3) is 10.9 Å². The minimum Gasteiger partial charge on any atom is -0.376 e. The number of halogens is 2. The van der Waals surface area contributed by atoms with Gasteiger partial charge in [0.25, 0.3) is 0 Å². The number of fused-ring (bicyclic) bond motifs is 1. The first-order chi connectivity index (χ1) is 10.7. The van der Waals surface area contributed by atoms with Crippen LogP contribution in [0, 0.1) is 11.6 Å². The molecule has 0 radical (unpaired) electrons. The lowest BCUT2D eigenvalue weighted by Crippen LogP contribution is -2.40. The van der Waals surface area contributed by atoms with Crippen LogP contribution in [0.1, 0.15) is 26.2 Å². The zero-order valence-corrected chi connectivity index (χ0v) is 12.7. The molecule has 1 saturated heterocycles. The van der Waals surface area contributed by atoms with Crippen molar-refractivity contribution in [2.24, 2.45) is 0 Å². The monoisotopic (exact) mass is 306 g/mol. The van der Waals surface area contributed by atoms with Crippen LogP contribution < -0.4 is 4.90 Å². The van der Waals surface area contributed by atoms with Gasteiger partial charge in [-0.15, -0.1) is 0 Å². The maximum absolute atomic E-state index is 14.2. The van der Waals surface area contributed by atoms with Crippen LogP contribution in [0.4, 0.5) is 14.5 Å². The van der Waals surface area contributed by atoms with E-state index in [2.05, 4.69) is 16.8 Å². The molecule has 1 aromatic heterocycles. The second kappa shape index (κ2) is 6.57. The quantitative estimate of drug-likeness (QED) is 0.856. The molecule has 1 aliphatic rings. The van der Waals surface area contributed by atoms with E-state index in [0.717, 1.165) is 44.5 Å². The van der Waals surface area contributed by atoms with Gasteiger partial charge in [-0.25, -0.2) is 8.78 Å². The van der Waals surface area contributed by atoms with Crippen molar-refractivity contribution < 1.29 is 13.5 Å². The highest BCUT2D eigenvalue weighted by molar-refractivity contribution is 5.92. The van der Waals surface area contributed by atoms with Gasteiger partial charge in [-0.2, -0.15) is 0 Å². The Hall–Kier alpha value is -1.75. The first kappa shape index (κ1) is 15.2. The summed E-state index contributed by atoms with van der Waals surface area (Å²) in [5.41, 5.74) is 0.792. The van der Waals surface area contributed by atoms with E-state index in [1.165, 1.54) is 6.20 Å². The Bertz CT molecular complexity index is 662. The number of nitrogens with zero attached hydrogens (tertiary/aromatic N) is 2. The van der Waals surface area contributed by atoms with E-state index in [-0.39, 0.29) is 17.0 Å². The summed E-state index contributed by atoms with van der Waals surface area (Å²) in [7, 11) is 0. The smallest absolute Gasteiger partial charge is 0.149 e. The highest BCUT2D eigenvalue weighted by Crippen LogP contribution is 2.31.